The lowest BCUT2D eigenvalue weighted by atomic mass is 10.0. The molecular weight excluding hydrogens is 362 g/mol. The normalized spacial score (nSPS) is 14.7. The fourth-order valence-corrected chi connectivity index (χ4v) is 4.15. The van der Waals surface area contributed by atoms with Crippen LogP contribution in [0.5, 0.6) is 0 Å². The molecule has 1 fully saturated rings. The summed E-state index contributed by atoms with van der Waals surface area (Å²) in [4.78, 5) is 17.4. The minimum atomic E-state index is -0.0285. The van der Waals surface area contributed by atoms with E-state index in [1.807, 2.05) is 49.1 Å². The lowest BCUT2D eigenvalue weighted by Gasteiger charge is -2.23. The van der Waals surface area contributed by atoms with Gasteiger partial charge in [-0.25, -0.2) is 0 Å². The highest BCUT2D eigenvalue weighted by Gasteiger charge is 2.26. The van der Waals surface area contributed by atoms with Gasteiger partial charge in [-0.1, -0.05) is 12.1 Å². The third kappa shape index (κ3) is 3.47. The van der Waals surface area contributed by atoms with Crippen LogP contribution in [0.25, 0.3) is 11.0 Å². The zero-order chi connectivity index (χ0) is 20.5. The molecule has 1 amide bonds. The maximum Gasteiger partial charge on any atom is 0.289 e. The summed E-state index contributed by atoms with van der Waals surface area (Å²) in [5, 5.41) is 10.0. The molecule has 2 aromatic carbocycles. The number of benzene rings is 2. The number of nitriles is 1. The Balaban J connectivity index is 1.55. The van der Waals surface area contributed by atoms with Crippen LogP contribution in [0.15, 0.2) is 40.8 Å². The maximum atomic E-state index is 13.3. The van der Waals surface area contributed by atoms with Gasteiger partial charge in [-0.3, -0.25) is 4.79 Å². The van der Waals surface area contributed by atoms with E-state index in [1.165, 1.54) is 0 Å². The van der Waals surface area contributed by atoms with Crippen molar-refractivity contribution in [3.8, 4) is 6.07 Å². The standard InChI is InChI=1S/C24H25N3O2/c1-16-5-6-17(2)22-21(16)18(3)23(29-22)24(28)27-12-4-11-26(13-14-27)20-9-7-19(15-25)8-10-20/h5-10H,4,11-14H2,1-3H3. The molecule has 5 heteroatoms. The number of carbonyl (C=O) groups excluding carboxylic acids is 1. The molecule has 0 aliphatic carbocycles. The second-order valence-corrected chi connectivity index (χ2v) is 7.75. The Morgan fingerprint density at radius 3 is 2.38 bits per heavy atom. The first-order chi connectivity index (χ1) is 14.0. The van der Waals surface area contributed by atoms with Crippen molar-refractivity contribution in [2.75, 3.05) is 31.1 Å². The fourth-order valence-electron chi connectivity index (χ4n) is 4.15. The summed E-state index contributed by atoms with van der Waals surface area (Å²) in [6.45, 7) is 9.04. The number of hydrogen-bond donors (Lipinski definition) is 0. The molecule has 148 valence electrons. The molecule has 0 bridgehead atoms. The quantitative estimate of drug-likeness (QED) is 0.646. The molecule has 1 aliphatic rings. The SMILES string of the molecule is Cc1ccc(C)c2c(C)c(C(=O)N3CCCN(c4ccc(C#N)cc4)CC3)oc12. The second kappa shape index (κ2) is 7.63. The highest BCUT2D eigenvalue weighted by molar-refractivity contribution is 6.00. The van der Waals surface area contributed by atoms with Gasteiger partial charge in [0.05, 0.1) is 11.6 Å². The van der Waals surface area contributed by atoms with Gasteiger partial charge in [0.15, 0.2) is 5.76 Å². The predicted octanol–water partition coefficient (Wildman–Crippen LogP) is 4.58. The van der Waals surface area contributed by atoms with Gasteiger partial charge < -0.3 is 14.2 Å². The van der Waals surface area contributed by atoms with Crippen LogP contribution >= 0.6 is 0 Å². The number of hydrogen-bond acceptors (Lipinski definition) is 4. The number of furan rings is 1. The van der Waals surface area contributed by atoms with E-state index in [1.54, 1.807) is 0 Å². The van der Waals surface area contributed by atoms with E-state index in [2.05, 4.69) is 24.0 Å². The summed E-state index contributed by atoms with van der Waals surface area (Å²) in [5.41, 5.74) is 5.68. The van der Waals surface area contributed by atoms with Gasteiger partial charge in [-0.05, 0) is 62.6 Å². The minimum Gasteiger partial charge on any atom is -0.450 e. The summed E-state index contributed by atoms with van der Waals surface area (Å²) in [6, 6.07) is 13.9. The van der Waals surface area contributed by atoms with Crippen molar-refractivity contribution >= 4 is 22.6 Å². The van der Waals surface area contributed by atoms with Crippen molar-refractivity contribution in [1.82, 2.24) is 4.90 Å². The Bertz CT molecular complexity index is 1110. The van der Waals surface area contributed by atoms with Crippen LogP contribution in [0, 0.1) is 32.1 Å². The average molecular weight is 387 g/mol. The Kier molecular flexibility index (Phi) is 5.02. The zero-order valence-corrected chi connectivity index (χ0v) is 17.2. The highest BCUT2D eigenvalue weighted by atomic mass is 16.3. The van der Waals surface area contributed by atoms with Gasteiger partial charge in [-0.15, -0.1) is 0 Å². The number of aryl methyl sites for hydroxylation is 3. The fraction of sp³-hybridized carbons (Fsp3) is 0.333. The Labute approximate surface area is 171 Å². The van der Waals surface area contributed by atoms with Crippen LogP contribution in [0.1, 0.15) is 39.2 Å². The summed E-state index contributed by atoms with van der Waals surface area (Å²) < 4.78 is 6.07. The molecule has 1 aromatic heterocycles. The number of nitrogens with zero attached hydrogens (tertiary/aromatic N) is 3. The van der Waals surface area contributed by atoms with Crippen molar-refractivity contribution in [1.29, 1.82) is 5.26 Å². The zero-order valence-electron chi connectivity index (χ0n) is 17.2. The smallest absolute Gasteiger partial charge is 0.289 e. The van der Waals surface area contributed by atoms with E-state index in [-0.39, 0.29) is 5.91 Å². The minimum absolute atomic E-state index is 0.0285. The number of amides is 1. The Hall–Kier alpha value is -3.26. The van der Waals surface area contributed by atoms with Gasteiger partial charge in [0.1, 0.15) is 5.58 Å². The van der Waals surface area contributed by atoms with Crippen LogP contribution in [0.4, 0.5) is 5.69 Å². The summed E-state index contributed by atoms with van der Waals surface area (Å²) in [6.07, 6.45) is 0.892. The summed E-state index contributed by atoms with van der Waals surface area (Å²) in [5.74, 6) is 0.434. The van der Waals surface area contributed by atoms with Crippen LogP contribution in [0.2, 0.25) is 0 Å². The highest BCUT2D eigenvalue weighted by Crippen LogP contribution is 2.31. The molecule has 5 nitrogen and oxygen atoms in total. The number of anilines is 1. The summed E-state index contributed by atoms with van der Waals surface area (Å²) >= 11 is 0. The molecule has 0 radical (unpaired) electrons. The summed E-state index contributed by atoms with van der Waals surface area (Å²) in [7, 11) is 0. The van der Waals surface area contributed by atoms with Crippen molar-refractivity contribution in [2.45, 2.75) is 27.2 Å². The maximum absolute atomic E-state index is 13.3. The number of rotatable bonds is 2. The molecule has 0 saturated carbocycles. The van der Waals surface area contributed by atoms with E-state index in [4.69, 9.17) is 9.68 Å². The van der Waals surface area contributed by atoms with E-state index in [0.29, 0.717) is 24.4 Å². The van der Waals surface area contributed by atoms with Crippen LogP contribution in [-0.2, 0) is 0 Å². The molecule has 29 heavy (non-hydrogen) atoms. The topological polar surface area (TPSA) is 60.5 Å². The third-order valence-corrected chi connectivity index (χ3v) is 5.82. The van der Waals surface area contributed by atoms with Gasteiger partial charge in [0.25, 0.3) is 5.91 Å². The van der Waals surface area contributed by atoms with Crippen LogP contribution in [0.3, 0.4) is 0 Å². The van der Waals surface area contributed by atoms with Crippen molar-refractivity contribution in [2.24, 2.45) is 0 Å². The first-order valence-electron chi connectivity index (χ1n) is 10.0. The van der Waals surface area contributed by atoms with E-state index in [0.717, 1.165) is 52.9 Å². The molecule has 1 saturated heterocycles. The first-order valence-corrected chi connectivity index (χ1v) is 10.0. The lowest BCUT2D eigenvalue weighted by molar-refractivity contribution is 0.0736. The lowest BCUT2D eigenvalue weighted by Crippen LogP contribution is -2.35. The molecular formula is C24H25N3O2. The van der Waals surface area contributed by atoms with Crippen molar-refractivity contribution < 1.29 is 9.21 Å². The Morgan fingerprint density at radius 2 is 1.69 bits per heavy atom. The van der Waals surface area contributed by atoms with Gasteiger partial charge in [0.2, 0.25) is 0 Å². The second-order valence-electron chi connectivity index (χ2n) is 7.75. The van der Waals surface area contributed by atoms with E-state index in [9.17, 15) is 4.79 Å². The van der Waals surface area contributed by atoms with Crippen LogP contribution in [-0.4, -0.2) is 37.0 Å². The monoisotopic (exact) mass is 387 g/mol. The molecule has 0 unspecified atom stereocenters. The van der Waals surface area contributed by atoms with Crippen LogP contribution < -0.4 is 4.90 Å². The molecule has 0 spiro atoms. The molecule has 4 rings (SSSR count). The molecule has 1 aliphatic heterocycles. The van der Waals surface area contributed by atoms with Gasteiger partial charge >= 0.3 is 0 Å². The van der Waals surface area contributed by atoms with Crippen molar-refractivity contribution in [3.63, 3.8) is 0 Å². The number of fused-ring (bicyclic) bond motifs is 1. The Morgan fingerprint density at radius 1 is 0.966 bits per heavy atom. The molecule has 0 N–H and O–H groups in total. The van der Waals surface area contributed by atoms with E-state index < -0.39 is 0 Å². The molecule has 3 aromatic rings. The first kappa shape index (κ1) is 19.1. The molecule has 0 atom stereocenters. The van der Waals surface area contributed by atoms with Gasteiger partial charge in [-0.2, -0.15) is 5.26 Å². The number of carbonyl (C=O) groups is 1. The molecule has 2 heterocycles. The predicted molar refractivity (Wildman–Crippen MR) is 114 cm³/mol. The largest absolute Gasteiger partial charge is 0.450 e. The average Bonchev–Trinajstić information content (AvgIpc) is 2.92. The third-order valence-electron chi connectivity index (χ3n) is 5.82. The van der Waals surface area contributed by atoms with Crippen molar-refractivity contribution in [3.05, 3.63) is 64.4 Å². The van der Waals surface area contributed by atoms with E-state index >= 15 is 0 Å². The van der Waals surface area contributed by atoms with Gasteiger partial charge in [0, 0.05) is 42.8 Å².